The van der Waals surface area contributed by atoms with Crippen LogP contribution >= 0.6 is 0 Å². The van der Waals surface area contributed by atoms with Crippen LogP contribution in [0.25, 0.3) is 0 Å². The Balaban J connectivity index is 0.000000251. The predicted molar refractivity (Wildman–Crippen MR) is 43.8 cm³/mol. The molecule has 0 amide bonds. The lowest BCUT2D eigenvalue weighted by atomic mass is 10.2. The van der Waals surface area contributed by atoms with E-state index in [2.05, 4.69) is 0 Å². The Labute approximate surface area is 73.9 Å². The van der Waals surface area contributed by atoms with Gasteiger partial charge in [-0.05, 0) is 24.6 Å². The molecule has 1 aromatic carbocycles. The Morgan fingerprint density at radius 2 is 2.08 bits per heavy atom. The average molecular weight is 181 g/mol. The maximum atomic E-state index is 10.8. The average Bonchev–Trinajstić information content (AvgIpc) is 2.39. The molecule has 0 atom stereocenters. The number of nitrogens with one attached hydrogen (secondary N) is 1. The van der Waals surface area contributed by atoms with Gasteiger partial charge in [-0.2, -0.15) is 0 Å². The monoisotopic (exact) mass is 181 g/mol. The summed E-state index contributed by atoms with van der Waals surface area (Å²) in [6.45, 7) is 1.91. The van der Waals surface area contributed by atoms with E-state index in [4.69, 9.17) is 14.9 Å². The maximum Gasteiger partial charge on any atom is 0.343 e. The highest BCUT2D eigenvalue weighted by Gasteiger charge is 2.18. The molecule has 5 heteroatoms. The summed E-state index contributed by atoms with van der Waals surface area (Å²) >= 11 is 0. The normalized spacial score (nSPS) is 11.3. The van der Waals surface area contributed by atoms with Crippen molar-refractivity contribution in [3.63, 3.8) is 0 Å². The van der Waals surface area contributed by atoms with Gasteiger partial charge in [0.2, 0.25) is 0 Å². The van der Waals surface area contributed by atoms with Gasteiger partial charge in [-0.3, -0.25) is 10.1 Å². The molecule has 0 unspecified atom stereocenters. The smallest absolute Gasteiger partial charge is 0.343 e. The minimum atomic E-state index is -0.233. The third-order valence-electron chi connectivity index (χ3n) is 1.63. The van der Waals surface area contributed by atoms with Crippen LogP contribution in [-0.4, -0.2) is 5.97 Å². The molecular formula is C8H7NO4. The van der Waals surface area contributed by atoms with Crippen LogP contribution in [0.1, 0.15) is 15.9 Å². The topological polar surface area (TPSA) is 80.4 Å². The van der Waals surface area contributed by atoms with Crippen LogP contribution in [-0.2, 0) is 0 Å². The Morgan fingerprint density at radius 3 is 2.62 bits per heavy atom. The summed E-state index contributed by atoms with van der Waals surface area (Å²) in [6.07, 6.45) is 0. The van der Waals surface area contributed by atoms with Gasteiger partial charge in [0.15, 0.2) is 0 Å². The van der Waals surface area contributed by atoms with E-state index in [0.717, 1.165) is 5.56 Å². The molecule has 5 nitrogen and oxygen atoms in total. The van der Waals surface area contributed by atoms with Gasteiger partial charge in [-0.1, -0.05) is 6.07 Å². The quantitative estimate of drug-likeness (QED) is 0.343. The van der Waals surface area contributed by atoms with Gasteiger partial charge in [0, 0.05) is 5.34 Å². The summed E-state index contributed by atoms with van der Waals surface area (Å²) in [5.41, 5.74) is 1.66. The summed E-state index contributed by atoms with van der Waals surface area (Å²) in [4.78, 5) is 19.0. The first-order valence-electron chi connectivity index (χ1n) is 3.51. The molecular weight excluding hydrogens is 174 g/mol. The van der Waals surface area contributed by atoms with E-state index >= 15 is 0 Å². The number of hydrogen-bond acceptors (Lipinski definition) is 4. The number of esters is 1. The number of hydrogen-bond donors (Lipinski definition) is 1. The van der Waals surface area contributed by atoms with Gasteiger partial charge in [0.05, 0.1) is 5.56 Å². The highest BCUT2D eigenvalue weighted by Crippen LogP contribution is 2.26. The molecule has 1 aliphatic rings. The zero-order valence-electron chi connectivity index (χ0n) is 6.87. The van der Waals surface area contributed by atoms with Gasteiger partial charge < -0.3 is 4.74 Å². The molecule has 1 heterocycles. The van der Waals surface area contributed by atoms with E-state index in [1.54, 1.807) is 12.1 Å². The fourth-order valence-electron chi connectivity index (χ4n) is 0.996. The second kappa shape index (κ2) is 3.66. The lowest BCUT2D eigenvalue weighted by Crippen LogP contribution is -2.53. The van der Waals surface area contributed by atoms with E-state index in [0.29, 0.717) is 11.3 Å². The zero-order valence-corrected chi connectivity index (χ0v) is 6.87. The summed E-state index contributed by atoms with van der Waals surface area (Å²) in [6, 6.07) is 5.42. The van der Waals surface area contributed by atoms with E-state index in [9.17, 15) is 4.79 Å². The fraction of sp³-hybridized carbons (Fsp3) is 0.125. The number of rotatable bonds is 0. The van der Waals surface area contributed by atoms with Crippen LogP contribution < -0.4 is 10.1 Å². The third-order valence-corrected chi connectivity index (χ3v) is 1.63. The molecule has 0 saturated heterocycles. The van der Waals surface area contributed by atoms with Crippen molar-refractivity contribution >= 4 is 5.97 Å². The molecule has 0 fully saturated rings. The van der Waals surface area contributed by atoms with Gasteiger partial charge in [-0.15, -0.1) is 0 Å². The molecule has 0 aromatic heterocycles. The lowest BCUT2D eigenvalue weighted by molar-refractivity contribution is -0.398. The van der Waals surface area contributed by atoms with E-state index in [-0.39, 0.29) is 11.3 Å². The first-order chi connectivity index (χ1) is 6.19. The van der Waals surface area contributed by atoms with Gasteiger partial charge >= 0.3 is 5.97 Å². The van der Waals surface area contributed by atoms with Crippen molar-refractivity contribution in [2.24, 2.45) is 0 Å². The van der Waals surface area contributed by atoms with Crippen LogP contribution in [0.3, 0.4) is 0 Å². The lowest BCUT2D eigenvalue weighted by Gasteiger charge is -1.92. The number of aryl methyl sites for hydroxylation is 1. The molecule has 0 radical (unpaired) electrons. The number of fused-ring (bicyclic) bond motifs is 2. The van der Waals surface area contributed by atoms with Crippen molar-refractivity contribution < 1.29 is 14.9 Å². The molecule has 68 valence electrons. The Kier molecular flexibility index (Phi) is 2.59. The largest absolute Gasteiger partial charge is 0.423 e. The Morgan fingerprint density at radius 1 is 1.46 bits per heavy atom. The van der Waals surface area contributed by atoms with Crippen molar-refractivity contribution in [1.82, 2.24) is 0 Å². The predicted octanol–water partition coefficient (Wildman–Crippen LogP) is -0.141. The Bertz CT molecular complexity index is 348. The highest BCUT2D eigenvalue weighted by molar-refractivity contribution is 5.95. The van der Waals surface area contributed by atoms with Crippen LogP contribution in [0.2, 0.25) is 0 Å². The zero-order chi connectivity index (χ0) is 9.84. The molecule has 1 aliphatic heterocycles. The summed E-state index contributed by atoms with van der Waals surface area (Å²) in [5, 5.41) is 8.38. The molecule has 2 rings (SSSR count). The second-order valence-corrected chi connectivity index (χ2v) is 2.45. The van der Waals surface area contributed by atoms with Crippen LogP contribution in [0.4, 0.5) is 0 Å². The minimum absolute atomic E-state index is 0.233. The SMILES string of the molecule is Cc1ccc2cc1OC2=O.O=[NH+][O-]. The first kappa shape index (κ1) is 9.18. The van der Waals surface area contributed by atoms with Crippen LogP contribution in [0, 0.1) is 17.0 Å². The van der Waals surface area contributed by atoms with Crippen molar-refractivity contribution in [2.45, 2.75) is 6.92 Å². The van der Waals surface area contributed by atoms with Gasteiger partial charge in [-0.25, -0.2) is 4.79 Å². The van der Waals surface area contributed by atoms with Crippen molar-refractivity contribution in [3.8, 4) is 5.75 Å². The van der Waals surface area contributed by atoms with E-state index in [1.165, 1.54) is 0 Å². The van der Waals surface area contributed by atoms with Gasteiger partial charge in [0.25, 0.3) is 0 Å². The number of ether oxygens (including phenoxy) is 1. The van der Waals surface area contributed by atoms with Gasteiger partial charge in [0.1, 0.15) is 5.75 Å². The van der Waals surface area contributed by atoms with E-state index in [1.807, 2.05) is 13.0 Å². The van der Waals surface area contributed by atoms with Crippen LogP contribution in [0.5, 0.6) is 5.75 Å². The molecule has 2 bridgehead atoms. The fourth-order valence-corrected chi connectivity index (χ4v) is 0.996. The maximum absolute atomic E-state index is 10.8. The minimum Gasteiger partial charge on any atom is -0.423 e. The number of carbonyl (C=O) groups excluding carboxylic acids is 1. The molecule has 1 N–H and O–H groups in total. The third kappa shape index (κ3) is 1.81. The Hall–Kier alpha value is -1.91. The number of carbonyl (C=O) groups is 1. The van der Waals surface area contributed by atoms with Crippen molar-refractivity contribution in [1.29, 1.82) is 0 Å². The van der Waals surface area contributed by atoms with Crippen molar-refractivity contribution in [3.05, 3.63) is 39.4 Å². The molecule has 13 heavy (non-hydrogen) atoms. The molecule has 0 aliphatic carbocycles. The summed E-state index contributed by atoms with van der Waals surface area (Å²) in [7, 11) is 0. The summed E-state index contributed by atoms with van der Waals surface area (Å²) < 4.78 is 4.88. The van der Waals surface area contributed by atoms with E-state index < -0.39 is 0 Å². The molecule has 1 aromatic rings. The molecule has 0 spiro atoms. The molecule has 0 saturated carbocycles. The second-order valence-electron chi connectivity index (χ2n) is 2.45. The van der Waals surface area contributed by atoms with Crippen molar-refractivity contribution in [2.75, 3.05) is 0 Å². The number of benzene rings is 1. The first-order valence-corrected chi connectivity index (χ1v) is 3.51. The highest BCUT2D eigenvalue weighted by atomic mass is 16.6. The standard InChI is InChI=1S/C8H6O2.HNO2/c1-5-2-3-6-4-7(5)10-8(6)9;2-1-3/h2-4H,1H3;1H. The summed E-state index contributed by atoms with van der Waals surface area (Å²) in [5.74, 6) is 0.464. The van der Waals surface area contributed by atoms with Crippen LogP contribution in [0.15, 0.2) is 18.2 Å².